The van der Waals surface area contributed by atoms with E-state index in [2.05, 4.69) is 10.5 Å². The quantitative estimate of drug-likeness (QED) is 0.713. The van der Waals surface area contributed by atoms with E-state index in [4.69, 9.17) is 14.0 Å². The SMILES string of the molecule is COc1cccc(OCC(=O)NCc2cc(-c3cccs3)on2)c1. The predicted molar refractivity (Wildman–Crippen MR) is 90.2 cm³/mol. The summed E-state index contributed by atoms with van der Waals surface area (Å²) in [6.45, 7) is 0.206. The van der Waals surface area contributed by atoms with Crippen LogP contribution in [0.3, 0.4) is 0 Å². The van der Waals surface area contributed by atoms with Crippen molar-refractivity contribution in [2.24, 2.45) is 0 Å². The summed E-state index contributed by atoms with van der Waals surface area (Å²) in [5, 5.41) is 8.65. The van der Waals surface area contributed by atoms with Crippen LogP contribution in [0.5, 0.6) is 11.5 Å². The van der Waals surface area contributed by atoms with Crippen molar-refractivity contribution in [1.29, 1.82) is 0 Å². The topological polar surface area (TPSA) is 73.6 Å². The molecule has 0 radical (unpaired) electrons. The average Bonchev–Trinajstić information content (AvgIpc) is 3.29. The molecule has 0 saturated heterocycles. The van der Waals surface area contributed by atoms with E-state index in [1.807, 2.05) is 29.6 Å². The van der Waals surface area contributed by atoms with Crippen LogP contribution in [-0.2, 0) is 11.3 Å². The molecule has 0 fully saturated rings. The number of amides is 1. The van der Waals surface area contributed by atoms with Gasteiger partial charge in [0.25, 0.3) is 5.91 Å². The minimum Gasteiger partial charge on any atom is -0.497 e. The summed E-state index contributed by atoms with van der Waals surface area (Å²) >= 11 is 1.57. The lowest BCUT2D eigenvalue weighted by Crippen LogP contribution is -2.28. The van der Waals surface area contributed by atoms with E-state index in [9.17, 15) is 4.79 Å². The highest BCUT2D eigenvalue weighted by molar-refractivity contribution is 7.13. The summed E-state index contributed by atoms with van der Waals surface area (Å²) in [6, 6.07) is 12.8. The van der Waals surface area contributed by atoms with Crippen LogP contribution in [0.4, 0.5) is 0 Å². The fourth-order valence-corrected chi connectivity index (χ4v) is 2.68. The largest absolute Gasteiger partial charge is 0.497 e. The summed E-state index contributed by atoms with van der Waals surface area (Å²) in [5.74, 6) is 1.71. The third kappa shape index (κ3) is 4.14. The first kappa shape index (κ1) is 16.1. The molecule has 6 nitrogen and oxygen atoms in total. The van der Waals surface area contributed by atoms with Crippen molar-refractivity contribution in [1.82, 2.24) is 10.5 Å². The van der Waals surface area contributed by atoms with Crippen LogP contribution in [0.1, 0.15) is 5.69 Å². The molecular formula is C17H16N2O4S. The predicted octanol–water partition coefficient (Wildman–Crippen LogP) is 3.11. The number of nitrogens with one attached hydrogen (secondary N) is 1. The zero-order chi connectivity index (χ0) is 16.8. The molecule has 2 heterocycles. The standard InChI is InChI=1S/C17H16N2O4S/c1-21-13-4-2-5-14(9-13)22-11-17(20)18-10-12-8-15(23-19-12)16-6-3-7-24-16/h2-9H,10-11H2,1H3,(H,18,20). The van der Waals surface area contributed by atoms with Crippen molar-refractivity contribution in [3.8, 4) is 22.1 Å². The average molecular weight is 344 g/mol. The monoisotopic (exact) mass is 344 g/mol. The van der Waals surface area contributed by atoms with E-state index < -0.39 is 0 Å². The Balaban J connectivity index is 1.47. The van der Waals surface area contributed by atoms with Gasteiger partial charge in [0.15, 0.2) is 12.4 Å². The molecule has 0 aliphatic carbocycles. The van der Waals surface area contributed by atoms with Crippen molar-refractivity contribution in [2.45, 2.75) is 6.54 Å². The molecule has 1 amide bonds. The molecule has 0 aliphatic rings. The van der Waals surface area contributed by atoms with Crippen LogP contribution in [-0.4, -0.2) is 24.8 Å². The van der Waals surface area contributed by atoms with Gasteiger partial charge in [-0.05, 0) is 23.6 Å². The van der Waals surface area contributed by atoms with E-state index >= 15 is 0 Å². The fraction of sp³-hybridized carbons (Fsp3) is 0.176. The number of hydrogen-bond donors (Lipinski definition) is 1. The molecule has 124 valence electrons. The van der Waals surface area contributed by atoms with Crippen LogP contribution >= 0.6 is 11.3 Å². The Kier molecular flexibility index (Phi) is 5.12. The zero-order valence-electron chi connectivity index (χ0n) is 13.0. The summed E-state index contributed by atoms with van der Waals surface area (Å²) in [5.41, 5.74) is 0.660. The number of rotatable bonds is 7. The van der Waals surface area contributed by atoms with Crippen LogP contribution in [0.25, 0.3) is 10.6 Å². The fourth-order valence-electron chi connectivity index (χ4n) is 2.01. The normalized spacial score (nSPS) is 10.4. The third-order valence-electron chi connectivity index (χ3n) is 3.20. The van der Waals surface area contributed by atoms with Gasteiger partial charge in [0, 0.05) is 12.1 Å². The lowest BCUT2D eigenvalue weighted by atomic mass is 10.3. The Bertz CT molecular complexity index is 799. The van der Waals surface area contributed by atoms with Crippen molar-refractivity contribution in [3.05, 3.63) is 53.5 Å². The molecule has 0 spiro atoms. The molecular weight excluding hydrogens is 328 g/mol. The first-order chi connectivity index (χ1) is 11.7. The molecule has 3 rings (SSSR count). The number of benzene rings is 1. The van der Waals surface area contributed by atoms with E-state index in [0.717, 1.165) is 4.88 Å². The van der Waals surface area contributed by atoms with Gasteiger partial charge in [-0.1, -0.05) is 17.3 Å². The van der Waals surface area contributed by atoms with Crippen LogP contribution < -0.4 is 14.8 Å². The van der Waals surface area contributed by atoms with Gasteiger partial charge < -0.3 is 19.3 Å². The number of carbonyl (C=O) groups is 1. The Morgan fingerprint density at radius 3 is 2.92 bits per heavy atom. The highest BCUT2D eigenvalue weighted by Gasteiger charge is 2.09. The van der Waals surface area contributed by atoms with Gasteiger partial charge in [-0.25, -0.2) is 0 Å². The first-order valence-electron chi connectivity index (χ1n) is 7.27. The minimum absolute atomic E-state index is 0.0806. The lowest BCUT2D eigenvalue weighted by molar-refractivity contribution is -0.123. The molecule has 0 bridgehead atoms. The summed E-state index contributed by atoms with van der Waals surface area (Å²) in [7, 11) is 1.58. The maximum Gasteiger partial charge on any atom is 0.258 e. The van der Waals surface area contributed by atoms with Crippen LogP contribution in [0, 0.1) is 0 Å². The number of thiophene rings is 1. The third-order valence-corrected chi connectivity index (χ3v) is 4.09. The second-order valence-corrected chi connectivity index (χ2v) is 5.85. The molecule has 0 aliphatic heterocycles. The van der Waals surface area contributed by atoms with E-state index in [0.29, 0.717) is 23.0 Å². The van der Waals surface area contributed by atoms with Crippen molar-refractivity contribution >= 4 is 17.2 Å². The Morgan fingerprint density at radius 1 is 1.25 bits per heavy atom. The maximum atomic E-state index is 11.9. The van der Waals surface area contributed by atoms with Gasteiger partial charge in [-0.3, -0.25) is 4.79 Å². The molecule has 24 heavy (non-hydrogen) atoms. The van der Waals surface area contributed by atoms with Gasteiger partial charge in [-0.2, -0.15) is 0 Å². The lowest BCUT2D eigenvalue weighted by Gasteiger charge is -2.07. The number of hydrogen-bond acceptors (Lipinski definition) is 6. The number of aromatic nitrogens is 1. The highest BCUT2D eigenvalue weighted by atomic mass is 32.1. The summed E-state index contributed by atoms with van der Waals surface area (Å²) < 4.78 is 15.8. The maximum absolute atomic E-state index is 11.9. The molecule has 3 aromatic rings. The second kappa shape index (κ2) is 7.65. The molecule has 0 atom stereocenters. The van der Waals surface area contributed by atoms with E-state index in [1.165, 1.54) is 0 Å². The zero-order valence-corrected chi connectivity index (χ0v) is 13.8. The van der Waals surface area contributed by atoms with Crippen LogP contribution in [0.2, 0.25) is 0 Å². The molecule has 2 aromatic heterocycles. The number of methoxy groups -OCH3 is 1. The van der Waals surface area contributed by atoms with Crippen molar-refractivity contribution in [2.75, 3.05) is 13.7 Å². The molecule has 0 unspecified atom stereocenters. The molecule has 7 heteroatoms. The number of carbonyl (C=O) groups excluding carboxylic acids is 1. The van der Waals surface area contributed by atoms with Gasteiger partial charge in [0.05, 0.1) is 18.5 Å². The summed E-state index contributed by atoms with van der Waals surface area (Å²) in [4.78, 5) is 12.9. The van der Waals surface area contributed by atoms with Crippen LogP contribution in [0.15, 0.2) is 52.4 Å². The minimum atomic E-state index is -0.238. The van der Waals surface area contributed by atoms with E-state index in [1.54, 1.807) is 36.6 Å². The number of nitrogens with zero attached hydrogens (tertiary/aromatic N) is 1. The smallest absolute Gasteiger partial charge is 0.258 e. The number of ether oxygens (including phenoxy) is 2. The molecule has 0 saturated carbocycles. The van der Waals surface area contributed by atoms with Gasteiger partial charge in [0.1, 0.15) is 17.2 Å². The Hall–Kier alpha value is -2.80. The molecule has 1 N–H and O–H groups in total. The van der Waals surface area contributed by atoms with Gasteiger partial charge in [-0.15, -0.1) is 11.3 Å². The van der Waals surface area contributed by atoms with Gasteiger partial charge in [0.2, 0.25) is 0 Å². The molecule has 1 aromatic carbocycles. The summed E-state index contributed by atoms with van der Waals surface area (Å²) in [6.07, 6.45) is 0. The second-order valence-electron chi connectivity index (χ2n) is 4.90. The van der Waals surface area contributed by atoms with Crippen molar-refractivity contribution in [3.63, 3.8) is 0 Å². The van der Waals surface area contributed by atoms with Crippen molar-refractivity contribution < 1.29 is 18.8 Å². The first-order valence-corrected chi connectivity index (χ1v) is 8.15. The van der Waals surface area contributed by atoms with E-state index in [-0.39, 0.29) is 19.1 Å². The Morgan fingerprint density at radius 2 is 2.12 bits per heavy atom. The highest BCUT2D eigenvalue weighted by Crippen LogP contribution is 2.25. The Labute approximate surface area is 143 Å². The van der Waals surface area contributed by atoms with Gasteiger partial charge >= 0.3 is 0 Å².